The van der Waals surface area contributed by atoms with Gasteiger partial charge in [0, 0.05) is 35.5 Å². The van der Waals surface area contributed by atoms with E-state index < -0.39 is 0 Å². The van der Waals surface area contributed by atoms with Gasteiger partial charge in [-0.15, -0.1) is 12.4 Å². The van der Waals surface area contributed by atoms with Crippen LogP contribution in [-0.2, 0) is 4.74 Å². The molecule has 0 saturated heterocycles. The fourth-order valence-corrected chi connectivity index (χ4v) is 4.60. The van der Waals surface area contributed by atoms with Crippen molar-refractivity contribution >= 4 is 35.6 Å². The predicted octanol–water partition coefficient (Wildman–Crippen LogP) is 5.88. The van der Waals surface area contributed by atoms with E-state index in [2.05, 4.69) is 5.32 Å². The van der Waals surface area contributed by atoms with E-state index in [1.807, 2.05) is 44.1 Å². The average molecular weight is 556 g/mol. The van der Waals surface area contributed by atoms with Gasteiger partial charge < -0.3 is 24.6 Å². The highest BCUT2D eigenvalue weighted by atomic mass is 35.5. The van der Waals surface area contributed by atoms with Crippen molar-refractivity contribution in [3.63, 3.8) is 0 Å². The molecule has 0 fully saturated rings. The van der Waals surface area contributed by atoms with Gasteiger partial charge in [0.05, 0.1) is 25.5 Å². The molecule has 0 bridgehead atoms. The minimum Gasteiger partial charge on any atom is -0.495 e. The third kappa shape index (κ3) is 7.15. The zero-order valence-corrected chi connectivity index (χ0v) is 23.5. The van der Waals surface area contributed by atoms with Gasteiger partial charge in [0.1, 0.15) is 11.6 Å². The summed E-state index contributed by atoms with van der Waals surface area (Å²) in [7, 11) is 5.43. The zero-order chi connectivity index (χ0) is 27.2. The van der Waals surface area contributed by atoms with Crippen LogP contribution < -0.4 is 15.0 Å². The summed E-state index contributed by atoms with van der Waals surface area (Å²) >= 11 is 0. The van der Waals surface area contributed by atoms with Crippen LogP contribution in [0, 0.1) is 12.7 Å². The molecule has 9 heteroatoms. The van der Waals surface area contributed by atoms with Crippen molar-refractivity contribution in [1.29, 1.82) is 0 Å². The quantitative estimate of drug-likeness (QED) is 0.376. The molecule has 7 nitrogen and oxygen atoms in total. The molecular weight excluding hydrogens is 521 g/mol. The van der Waals surface area contributed by atoms with Gasteiger partial charge in [-0.05, 0) is 81.9 Å². The first kappa shape index (κ1) is 30.1. The number of fused-ring (bicyclic) bond motifs is 1. The normalized spacial score (nSPS) is 14.7. The van der Waals surface area contributed by atoms with E-state index >= 15 is 0 Å². The Balaban J connectivity index is 0.00000420. The van der Waals surface area contributed by atoms with Gasteiger partial charge in [0.15, 0.2) is 0 Å². The maximum Gasteiger partial charge on any atom is 0.258 e. The van der Waals surface area contributed by atoms with Crippen LogP contribution in [0.15, 0.2) is 60.7 Å². The van der Waals surface area contributed by atoms with Crippen LogP contribution in [0.5, 0.6) is 5.75 Å². The molecule has 0 spiro atoms. The highest BCUT2D eigenvalue weighted by Gasteiger charge is 2.29. The van der Waals surface area contributed by atoms with E-state index in [9.17, 15) is 14.0 Å². The molecule has 1 aliphatic rings. The zero-order valence-electron chi connectivity index (χ0n) is 22.7. The molecule has 0 radical (unpaired) electrons. The van der Waals surface area contributed by atoms with E-state index in [0.717, 1.165) is 12.1 Å². The van der Waals surface area contributed by atoms with Crippen molar-refractivity contribution in [2.45, 2.75) is 25.9 Å². The first-order valence-corrected chi connectivity index (χ1v) is 12.7. The van der Waals surface area contributed by atoms with Gasteiger partial charge in [-0.1, -0.05) is 18.2 Å². The highest BCUT2D eigenvalue weighted by Crippen LogP contribution is 2.37. The Morgan fingerprint density at radius 1 is 1.10 bits per heavy atom. The number of hydrogen-bond acceptors (Lipinski definition) is 5. The van der Waals surface area contributed by atoms with Crippen molar-refractivity contribution in [2.75, 3.05) is 51.1 Å². The van der Waals surface area contributed by atoms with Gasteiger partial charge in [-0.3, -0.25) is 9.59 Å². The molecule has 39 heavy (non-hydrogen) atoms. The molecule has 3 aromatic rings. The maximum atomic E-state index is 14.3. The summed E-state index contributed by atoms with van der Waals surface area (Å²) in [5, 5.41) is 2.88. The smallest absolute Gasteiger partial charge is 0.258 e. The number of nitrogens with one attached hydrogen (secondary N) is 1. The van der Waals surface area contributed by atoms with Crippen LogP contribution in [0.4, 0.5) is 15.8 Å². The summed E-state index contributed by atoms with van der Waals surface area (Å²) in [5.41, 5.74) is 3.59. The lowest BCUT2D eigenvalue weighted by Gasteiger charge is -2.25. The Bertz CT molecular complexity index is 1320. The number of aryl methyl sites for hydroxylation is 1. The van der Waals surface area contributed by atoms with Crippen LogP contribution in [0.25, 0.3) is 0 Å². The number of methoxy groups -OCH3 is 1. The third-order valence-electron chi connectivity index (χ3n) is 6.66. The second-order valence-corrected chi connectivity index (χ2v) is 9.65. The summed E-state index contributed by atoms with van der Waals surface area (Å²) in [5.74, 6) is -0.488. The van der Waals surface area contributed by atoms with Gasteiger partial charge in [0.25, 0.3) is 11.8 Å². The maximum absolute atomic E-state index is 14.3. The highest BCUT2D eigenvalue weighted by molar-refractivity contribution is 6.09. The van der Waals surface area contributed by atoms with Gasteiger partial charge in [0.2, 0.25) is 0 Å². The number of rotatable bonds is 8. The first-order valence-electron chi connectivity index (χ1n) is 12.7. The number of ether oxygens (including phenoxy) is 2. The number of amides is 2. The Hall–Kier alpha value is -3.46. The lowest BCUT2D eigenvalue weighted by atomic mass is 10.0. The largest absolute Gasteiger partial charge is 0.495 e. The molecule has 208 valence electrons. The fraction of sp³-hybridized carbons (Fsp3) is 0.333. The van der Waals surface area contributed by atoms with Crippen molar-refractivity contribution in [1.82, 2.24) is 4.90 Å². The molecule has 1 heterocycles. The molecular formula is C30H35ClFN3O4. The number of carbonyl (C=O) groups excluding carboxylic acids is 2. The Morgan fingerprint density at radius 2 is 1.87 bits per heavy atom. The van der Waals surface area contributed by atoms with Gasteiger partial charge in [-0.2, -0.15) is 0 Å². The first-order chi connectivity index (χ1) is 18.3. The van der Waals surface area contributed by atoms with Gasteiger partial charge >= 0.3 is 0 Å². The van der Waals surface area contributed by atoms with Crippen molar-refractivity contribution < 1.29 is 23.5 Å². The molecule has 0 saturated carbocycles. The lowest BCUT2D eigenvalue weighted by Crippen LogP contribution is -2.32. The number of hydrogen-bond donors (Lipinski definition) is 1. The standard InChI is InChI=1S/C30H34FN3O4.ClH/c1-20-8-5-6-9-23(20)29(35)32-25-13-11-21(18-28(25)37-4)30(36)34-15-7-10-27(38-17-16-33(2)3)24-19-22(31)12-14-26(24)34;/h5-6,8-9,11-14,18-19,27H,7,10,15-17H2,1-4H3,(H,32,35);1H. The second-order valence-electron chi connectivity index (χ2n) is 9.65. The number of nitrogens with zero attached hydrogens (tertiary/aromatic N) is 2. The van der Waals surface area contributed by atoms with Crippen LogP contribution >= 0.6 is 12.4 Å². The Kier molecular flexibility index (Phi) is 10.5. The Morgan fingerprint density at radius 3 is 2.59 bits per heavy atom. The molecule has 3 aromatic carbocycles. The molecule has 1 aliphatic heterocycles. The minimum atomic E-state index is -0.366. The summed E-state index contributed by atoms with van der Waals surface area (Å²) in [6, 6.07) is 16.7. The monoisotopic (exact) mass is 555 g/mol. The number of anilines is 2. The SMILES string of the molecule is COc1cc(C(=O)N2CCCC(OCCN(C)C)c3cc(F)ccc32)ccc1NC(=O)c1ccccc1C.Cl. The molecule has 0 aromatic heterocycles. The number of likely N-dealkylation sites (N-methyl/N-ethyl adjacent to an activating group) is 1. The number of halogens is 2. The lowest BCUT2D eigenvalue weighted by molar-refractivity contribution is 0.0384. The van der Waals surface area contributed by atoms with Crippen molar-refractivity contribution in [2.24, 2.45) is 0 Å². The number of carbonyl (C=O) groups is 2. The number of benzene rings is 3. The Labute approximate surface area is 235 Å². The molecule has 0 aliphatic carbocycles. The summed E-state index contributed by atoms with van der Waals surface area (Å²) in [4.78, 5) is 30.2. The second kappa shape index (κ2) is 13.6. The van der Waals surface area contributed by atoms with E-state index in [-0.39, 0.29) is 36.1 Å². The molecule has 1 N–H and O–H groups in total. The molecule has 2 amide bonds. The summed E-state index contributed by atoms with van der Waals surface area (Å²) in [6.07, 6.45) is 1.09. The van der Waals surface area contributed by atoms with Crippen LogP contribution in [0.2, 0.25) is 0 Å². The van der Waals surface area contributed by atoms with E-state index in [1.54, 1.807) is 35.2 Å². The third-order valence-corrected chi connectivity index (χ3v) is 6.66. The van der Waals surface area contributed by atoms with Crippen LogP contribution in [0.1, 0.15) is 50.8 Å². The molecule has 1 unspecified atom stereocenters. The summed E-state index contributed by atoms with van der Waals surface area (Å²) < 4.78 is 25.9. The van der Waals surface area contributed by atoms with E-state index in [4.69, 9.17) is 9.47 Å². The molecule has 4 rings (SSSR count). The topological polar surface area (TPSA) is 71.1 Å². The molecule has 1 atom stereocenters. The van der Waals surface area contributed by atoms with Crippen molar-refractivity contribution in [3.05, 3.63) is 88.7 Å². The predicted molar refractivity (Wildman–Crippen MR) is 154 cm³/mol. The van der Waals surface area contributed by atoms with Crippen molar-refractivity contribution in [3.8, 4) is 5.75 Å². The summed E-state index contributed by atoms with van der Waals surface area (Å²) in [6.45, 7) is 3.60. The van der Waals surface area contributed by atoms with E-state index in [1.165, 1.54) is 19.2 Å². The van der Waals surface area contributed by atoms with E-state index in [0.29, 0.717) is 59.8 Å². The fourth-order valence-electron chi connectivity index (χ4n) is 4.60. The minimum absolute atomic E-state index is 0. The van der Waals surface area contributed by atoms with Gasteiger partial charge in [-0.25, -0.2) is 4.39 Å². The average Bonchev–Trinajstić information content (AvgIpc) is 3.07. The van der Waals surface area contributed by atoms with Crippen LogP contribution in [0.3, 0.4) is 0 Å². The van der Waals surface area contributed by atoms with Crippen LogP contribution in [-0.4, -0.2) is 57.6 Å².